The van der Waals surface area contributed by atoms with Gasteiger partial charge < -0.3 is 9.47 Å². The molecule has 4 nitrogen and oxygen atoms in total. The summed E-state index contributed by atoms with van der Waals surface area (Å²) in [5.41, 5.74) is 1.01. The molecule has 0 bridgehead atoms. The number of halogens is 1. The van der Waals surface area contributed by atoms with Crippen molar-refractivity contribution in [1.29, 1.82) is 0 Å². The van der Waals surface area contributed by atoms with E-state index in [1.165, 1.54) is 14.2 Å². The fourth-order valence-corrected chi connectivity index (χ4v) is 1.97. The Hall–Kier alpha value is -1.10. The number of ether oxygens (including phenoxy) is 2. The highest BCUT2D eigenvalue weighted by atomic mass is 35.5. The normalized spacial score (nSPS) is 17.4. The van der Waals surface area contributed by atoms with Gasteiger partial charge in [0, 0.05) is 19.8 Å². The number of carbonyl (C=O) groups is 1. The third kappa shape index (κ3) is 1.33. The molecule has 1 aromatic rings. The van der Waals surface area contributed by atoms with Crippen LogP contribution in [0.1, 0.15) is 15.9 Å². The number of hydrogen-bond donors (Lipinski definition) is 1. The van der Waals surface area contributed by atoms with Gasteiger partial charge >= 0.3 is 0 Å². The van der Waals surface area contributed by atoms with Gasteiger partial charge in [0.1, 0.15) is 0 Å². The Labute approximate surface area is 92.1 Å². The Morgan fingerprint density at radius 3 is 2.60 bits per heavy atom. The second-order valence-electron chi connectivity index (χ2n) is 3.14. The molecule has 0 fully saturated rings. The zero-order valence-corrected chi connectivity index (χ0v) is 9.09. The van der Waals surface area contributed by atoms with E-state index < -0.39 is 5.91 Å². The van der Waals surface area contributed by atoms with Crippen molar-refractivity contribution in [3.63, 3.8) is 0 Å². The van der Waals surface area contributed by atoms with Crippen LogP contribution in [-0.4, -0.2) is 20.1 Å². The van der Waals surface area contributed by atoms with E-state index >= 15 is 0 Å². The molecule has 1 heterocycles. The lowest BCUT2D eigenvalue weighted by atomic mass is 10.1. The number of fused-ring (bicyclic) bond motifs is 1. The molecular weight excluding hydrogens is 218 g/mol. The van der Waals surface area contributed by atoms with Gasteiger partial charge in [0.15, 0.2) is 0 Å². The fraction of sp³-hybridized carbons (Fsp3) is 0.300. The summed E-state index contributed by atoms with van der Waals surface area (Å²) < 4.78 is 10.4. The van der Waals surface area contributed by atoms with Gasteiger partial charge in [-0.1, -0.05) is 23.7 Å². The maximum Gasteiger partial charge on any atom is 0.280 e. The standard InChI is InChI=1S/C10H10ClNO3/c1-14-10(15-2)6-4-3-5-7(11)8(6)9(13)12-10/h3-5H,1-2H3,(H,12,13). The summed E-state index contributed by atoms with van der Waals surface area (Å²) in [4.78, 5) is 11.7. The van der Waals surface area contributed by atoms with E-state index in [2.05, 4.69) is 5.32 Å². The molecule has 1 aliphatic heterocycles. The van der Waals surface area contributed by atoms with Gasteiger partial charge in [0.25, 0.3) is 11.8 Å². The van der Waals surface area contributed by atoms with Crippen LogP contribution in [-0.2, 0) is 15.4 Å². The smallest absolute Gasteiger partial charge is 0.280 e. The Morgan fingerprint density at radius 2 is 2.00 bits per heavy atom. The minimum absolute atomic E-state index is 0.292. The summed E-state index contributed by atoms with van der Waals surface area (Å²) in [6, 6.07) is 5.14. The predicted molar refractivity (Wildman–Crippen MR) is 54.6 cm³/mol. The van der Waals surface area contributed by atoms with Crippen LogP contribution in [0.25, 0.3) is 0 Å². The van der Waals surface area contributed by atoms with Crippen molar-refractivity contribution < 1.29 is 14.3 Å². The maximum absolute atomic E-state index is 11.7. The average Bonchev–Trinajstić information content (AvgIpc) is 2.54. The number of carbonyl (C=O) groups excluding carboxylic acids is 1. The van der Waals surface area contributed by atoms with Gasteiger partial charge in [-0.05, 0) is 6.07 Å². The first-order valence-electron chi connectivity index (χ1n) is 4.36. The Kier molecular flexibility index (Phi) is 2.42. The van der Waals surface area contributed by atoms with Crippen molar-refractivity contribution in [2.75, 3.05) is 14.2 Å². The average molecular weight is 228 g/mol. The quantitative estimate of drug-likeness (QED) is 0.779. The number of amides is 1. The van der Waals surface area contributed by atoms with E-state index in [1.54, 1.807) is 18.2 Å². The molecule has 5 heteroatoms. The van der Waals surface area contributed by atoms with E-state index in [1.807, 2.05) is 0 Å². The zero-order valence-electron chi connectivity index (χ0n) is 8.33. The first-order chi connectivity index (χ1) is 7.14. The highest BCUT2D eigenvalue weighted by Gasteiger charge is 2.44. The lowest BCUT2D eigenvalue weighted by molar-refractivity contribution is -0.225. The summed E-state index contributed by atoms with van der Waals surface area (Å²) in [6.45, 7) is 0. The topological polar surface area (TPSA) is 47.6 Å². The molecule has 0 atom stereocenters. The number of nitrogens with one attached hydrogen (secondary N) is 1. The van der Waals surface area contributed by atoms with Gasteiger partial charge in [-0.3, -0.25) is 10.1 Å². The molecule has 0 aromatic heterocycles. The number of rotatable bonds is 2. The molecule has 0 unspecified atom stereocenters. The lowest BCUT2D eigenvalue weighted by Gasteiger charge is -2.26. The third-order valence-electron chi connectivity index (χ3n) is 2.45. The van der Waals surface area contributed by atoms with E-state index in [9.17, 15) is 4.79 Å². The number of benzene rings is 1. The van der Waals surface area contributed by atoms with Crippen LogP contribution in [0.2, 0.25) is 5.02 Å². The molecule has 0 aliphatic carbocycles. The second-order valence-corrected chi connectivity index (χ2v) is 3.55. The fourth-order valence-electron chi connectivity index (χ4n) is 1.71. The number of hydrogen-bond acceptors (Lipinski definition) is 3. The van der Waals surface area contributed by atoms with Crippen molar-refractivity contribution in [2.24, 2.45) is 0 Å². The molecular formula is C10H10ClNO3. The van der Waals surface area contributed by atoms with Gasteiger partial charge in [-0.25, -0.2) is 0 Å². The summed E-state index contributed by atoms with van der Waals surface area (Å²) in [5, 5.41) is 2.99. The van der Waals surface area contributed by atoms with Crippen molar-refractivity contribution in [3.8, 4) is 0 Å². The van der Waals surface area contributed by atoms with Crippen LogP contribution in [0.4, 0.5) is 0 Å². The third-order valence-corrected chi connectivity index (χ3v) is 2.76. The molecule has 1 amide bonds. The molecule has 80 valence electrons. The first kappa shape index (κ1) is 10.4. The lowest BCUT2D eigenvalue weighted by Crippen LogP contribution is -2.42. The monoisotopic (exact) mass is 227 g/mol. The van der Waals surface area contributed by atoms with E-state index in [-0.39, 0.29) is 5.91 Å². The predicted octanol–water partition coefficient (Wildman–Crippen LogP) is 1.49. The summed E-state index contributed by atoms with van der Waals surface area (Å²) >= 11 is 5.93. The van der Waals surface area contributed by atoms with Gasteiger partial charge in [-0.2, -0.15) is 0 Å². The zero-order chi connectivity index (χ0) is 11.1. The molecule has 2 rings (SSSR count). The van der Waals surface area contributed by atoms with Gasteiger partial charge in [0.2, 0.25) is 0 Å². The molecule has 0 saturated carbocycles. The molecule has 1 N–H and O–H groups in total. The van der Waals surface area contributed by atoms with Crippen molar-refractivity contribution in [2.45, 2.75) is 5.91 Å². The van der Waals surface area contributed by atoms with Crippen molar-refractivity contribution in [1.82, 2.24) is 5.32 Å². The van der Waals surface area contributed by atoms with Crippen LogP contribution in [0, 0.1) is 0 Å². The van der Waals surface area contributed by atoms with Crippen molar-refractivity contribution >= 4 is 17.5 Å². The van der Waals surface area contributed by atoms with E-state index in [0.29, 0.717) is 16.1 Å². The Morgan fingerprint density at radius 1 is 1.33 bits per heavy atom. The van der Waals surface area contributed by atoms with Crippen LogP contribution >= 0.6 is 11.6 Å². The summed E-state index contributed by atoms with van der Waals surface area (Å²) in [6.07, 6.45) is 0. The Bertz CT molecular complexity index is 415. The minimum atomic E-state index is -1.21. The van der Waals surface area contributed by atoms with Crippen LogP contribution in [0.3, 0.4) is 0 Å². The highest BCUT2D eigenvalue weighted by molar-refractivity contribution is 6.34. The van der Waals surface area contributed by atoms with Crippen molar-refractivity contribution in [3.05, 3.63) is 34.3 Å². The Balaban J connectivity index is 2.65. The second kappa shape index (κ2) is 3.48. The van der Waals surface area contributed by atoms with E-state index in [4.69, 9.17) is 21.1 Å². The highest BCUT2D eigenvalue weighted by Crippen LogP contribution is 2.35. The molecule has 0 saturated heterocycles. The molecule has 0 spiro atoms. The van der Waals surface area contributed by atoms with Crippen LogP contribution in [0.15, 0.2) is 18.2 Å². The maximum atomic E-state index is 11.7. The molecule has 0 radical (unpaired) electrons. The summed E-state index contributed by atoms with van der Waals surface area (Å²) in [7, 11) is 2.92. The molecule has 15 heavy (non-hydrogen) atoms. The molecule has 1 aliphatic rings. The van der Waals surface area contributed by atoms with Gasteiger partial charge in [0.05, 0.1) is 10.6 Å². The minimum Gasteiger partial charge on any atom is -0.332 e. The SMILES string of the molecule is COC1(OC)NC(=O)c2c(Cl)cccc21. The van der Waals surface area contributed by atoms with E-state index in [0.717, 1.165) is 0 Å². The first-order valence-corrected chi connectivity index (χ1v) is 4.74. The number of methoxy groups -OCH3 is 2. The van der Waals surface area contributed by atoms with Crippen LogP contribution < -0.4 is 5.32 Å². The summed E-state index contributed by atoms with van der Waals surface area (Å²) in [5.74, 6) is -1.50. The van der Waals surface area contributed by atoms with Gasteiger partial charge in [-0.15, -0.1) is 0 Å². The van der Waals surface area contributed by atoms with Crippen LogP contribution in [0.5, 0.6) is 0 Å². The largest absolute Gasteiger partial charge is 0.332 e. The molecule has 1 aromatic carbocycles.